The molecule has 1 aliphatic heterocycles. The van der Waals surface area contributed by atoms with Crippen molar-refractivity contribution in [1.82, 2.24) is 4.98 Å². The maximum Gasteiger partial charge on any atom is 0.527 e. The Kier molecular flexibility index (Phi) is 6.56. The zero-order valence-electron chi connectivity index (χ0n) is 17.7. The summed E-state index contributed by atoms with van der Waals surface area (Å²) in [4.78, 5) is 13.1. The van der Waals surface area contributed by atoms with Crippen LogP contribution in [0.2, 0.25) is 0 Å². The van der Waals surface area contributed by atoms with Crippen LogP contribution in [-0.4, -0.2) is 23.6 Å². The van der Waals surface area contributed by atoms with Gasteiger partial charge in [-0.15, -0.1) is 0 Å². The maximum atomic E-state index is 12.3. The van der Waals surface area contributed by atoms with Crippen molar-refractivity contribution in [3.8, 4) is 29.4 Å². The lowest BCUT2D eigenvalue weighted by molar-refractivity contribution is 0.204. The minimum atomic E-state index is -4.53. The lowest BCUT2D eigenvalue weighted by Crippen LogP contribution is -2.21. The Labute approximate surface area is 202 Å². The van der Waals surface area contributed by atoms with Crippen molar-refractivity contribution in [2.24, 2.45) is 5.73 Å². The highest BCUT2D eigenvalue weighted by atomic mass is 79.9. The van der Waals surface area contributed by atoms with E-state index in [2.05, 4.69) is 27.0 Å². The van der Waals surface area contributed by atoms with Crippen LogP contribution in [0.5, 0.6) is 17.2 Å². The van der Waals surface area contributed by atoms with Gasteiger partial charge in [-0.05, 0) is 45.8 Å². The van der Waals surface area contributed by atoms with Gasteiger partial charge in [0.25, 0.3) is 0 Å². The highest BCUT2D eigenvalue weighted by Crippen LogP contribution is 2.52. The number of nitriles is 2. The Hall–Kier alpha value is -3.47. The van der Waals surface area contributed by atoms with Crippen molar-refractivity contribution >= 4 is 34.7 Å². The van der Waals surface area contributed by atoms with Crippen molar-refractivity contribution in [2.75, 3.05) is 13.7 Å². The number of benzene rings is 2. The van der Waals surface area contributed by atoms with Crippen molar-refractivity contribution in [1.29, 1.82) is 10.5 Å². The zero-order valence-corrected chi connectivity index (χ0v) is 20.2. The van der Waals surface area contributed by atoms with E-state index >= 15 is 0 Å². The average molecular weight is 545 g/mol. The molecule has 4 rings (SSSR count). The third kappa shape index (κ3) is 4.35. The summed E-state index contributed by atoms with van der Waals surface area (Å²) in [6, 6.07) is 12.7. The average Bonchev–Trinajstić information content (AvgIpc) is 3.29. The van der Waals surface area contributed by atoms with Crippen LogP contribution in [0.15, 0.2) is 52.5 Å². The van der Waals surface area contributed by atoms with Crippen molar-refractivity contribution in [3.05, 3.63) is 63.6 Å². The number of phosphoric acid groups is 1. The van der Waals surface area contributed by atoms with E-state index in [1.54, 1.807) is 18.3 Å². The molecule has 174 valence electrons. The molecule has 0 radical (unpaired) electrons. The molecule has 0 bridgehead atoms. The third-order valence-electron chi connectivity index (χ3n) is 5.17. The molecule has 10 nitrogen and oxygen atoms in total. The number of nitrogens with two attached hydrogens (primary N) is 1. The zero-order chi connectivity index (χ0) is 24.5. The summed E-state index contributed by atoms with van der Waals surface area (Å²) in [7, 11) is -3.16. The summed E-state index contributed by atoms with van der Waals surface area (Å²) in [5.41, 5.74) is 8.50. The fourth-order valence-corrected chi connectivity index (χ4v) is 5.20. The number of halogens is 1. The molecule has 34 heavy (non-hydrogen) atoms. The van der Waals surface area contributed by atoms with Gasteiger partial charge in [0, 0.05) is 22.7 Å². The molecule has 2 unspecified atom stereocenters. The monoisotopic (exact) mass is 544 g/mol. The van der Waals surface area contributed by atoms with E-state index < -0.39 is 13.7 Å². The van der Waals surface area contributed by atoms with Crippen LogP contribution in [0.1, 0.15) is 23.5 Å². The van der Waals surface area contributed by atoms with Crippen LogP contribution in [0.25, 0.3) is 10.9 Å². The van der Waals surface area contributed by atoms with Gasteiger partial charge in [-0.2, -0.15) is 10.5 Å². The summed E-state index contributed by atoms with van der Waals surface area (Å²) in [5.74, 6) is -0.0385. The molecule has 1 aromatic heterocycles. The highest BCUT2D eigenvalue weighted by Gasteiger charge is 2.34. The summed E-state index contributed by atoms with van der Waals surface area (Å²) < 4.78 is 33.8. The van der Waals surface area contributed by atoms with Gasteiger partial charge >= 0.3 is 7.82 Å². The number of ether oxygens (including phenoxy) is 2. The van der Waals surface area contributed by atoms with E-state index in [9.17, 15) is 14.7 Å². The molecule has 0 amide bonds. The first-order chi connectivity index (χ1) is 16.3. The summed E-state index contributed by atoms with van der Waals surface area (Å²) in [6.45, 7) is -0.273. The number of hydrogen-bond acceptors (Lipinski definition) is 8. The number of hydrogen-bond donors (Lipinski definition) is 3. The number of rotatable bonds is 7. The first-order valence-corrected chi connectivity index (χ1v) is 12.2. The van der Waals surface area contributed by atoms with E-state index in [1.807, 2.05) is 24.3 Å². The normalized spacial score (nSPS) is 16.7. The second-order valence-corrected chi connectivity index (χ2v) is 9.42. The number of aromatic amines is 1. The predicted molar refractivity (Wildman–Crippen MR) is 125 cm³/mol. The molecule has 12 heteroatoms. The fraction of sp³-hybridized carbons (Fsp3) is 0.182. The predicted octanol–water partition coefficient (Wildman–Crippen LogP) is 4.57. The summed E-state index contributed by atoms with van der Waals surface area (Å²) in [6.07, 6.45) is 1.70. The van der Waals surface area contributed by atoms with E-state index in [4.69, 9.17) is 29.5 Å². The molecular weight excluding hydrogens is 527 g/mol. The second-order valence-electron chi connectivity index (χ2n) is 7.18. The summed E-state index contributed by atoms with van der Waals surface area (Å²) in [5, 5.41) is 19.3. The Balaban J connectivity index is 1.80. The molecule has 1 aliphatic rings. The van der Waals surface area contributed by atoms with E-state index in [0.717, 1.165) is 10.9 Å². The minimum absolute atomic E-state index is 0.0186. The second kappa shape index (κ2) is 9.41. The quantitative estimate of drug-likeness (QED) is 0.285. The Morgan fingerprint density at radius 2 is 2.12 bits per heavy atom. The van der Waals surface area contributed by atoms with Crippen LogP contribution in [0.4, 0.5) is 0 Å². The molecular formula is C22H18BrN4O6P. The number of nitrogens with one attached hydrogen (secondary N) is 1. The molecule has 0 saturated carbocycles. The van der Waals surface area contributed by atoms with Crippen LogP contribution in [-0.2, 0) is 9.09 Å². The van der Waals surface area contributed by atoms with Gasteiger partial charge in [0.05, 0.1) is 36.6 Å². The lowest BCUT2D eigenvalue weighted by atomic mass is 9.83. The van der Waals surface area contributed by atoms with Gasteiger partial charge in [-0.3, -0.25) is 9.42 Å². The molecule has 0 aliphatic carbocycles. The van der Waals surface area contributed by atoms with Crippen molar-refractivity contribution in [3.63, 3.8) is 0 Å². The first kappa shape index (κ1) is 23.7. The molecule has 0 fully saturated rings. The van der Waals surface area contributed by atoms with E-state index in [-0.39, 0.29) is 40.5 Å². The number of allylic oxidation sites excluding steroid dienone is 1. The highest BCUT2D eigenvalue weighted by molar-refractivity contribution is 9.10. The first-order valence-electron chi connectivity index (χ1n) is 9.88. The number of phosphoric ester groups is 1. The van der Waals surface area contributed by atoms with Gasteiger partial charge in [-0.1, -0.05) is 6.07 Å². The topological polar surface area (TPSA) is 164 Å². The lowest BCUT2D eigenvalue weighted by Gasteiger charge is -2.27. The Bertz CT molecular complexity index is 1440. The van der Waals surface area contributed by atoms with Crippen molar-refractivity contribution < 1.29 is 28.0 Å². The number of nitrogens with zero attached hydrogens (tertiary/aromatic N) is 2. The molecule has 2 aromatic carbocycles. The number of fused-ring (bicyclic) bond motifs is 3. The third-order valence-corrected chi connectivity index (χ3v) is 6.68. The smallest absolute Gasteiger partial charge is 0.493 e. The van der Waals surface area contributed by atoms with E-state index in [1.165, 1.54) is 7.11 Å². The van der Waals surface area contributed by atoms with Gasteiger partial charge in [-0.25, -0.2) is 4.57 Å². The van der Waals surface area contributed by atoms with Crippen LogP contribution >= 0.6 is 23.8 Å². The molecule has 4 N–H and O–H groups in total. The molecule has 0 saturated heterocycles. The maximum absolute atomic E-state index is 12.3. The minimum Gasteiger partial charge on any atom is -0.493 e. The molecule has 2 atom stereocenters. The molecule has 3 aromatic rings. The summed E-state index contributed by atoms with van der Waals surface area (Å²) >= 11 is 3.36. The molecule has 0 spiro atoms. The van der Waals surface area contributed by atoms with Gasteiger partial charge in [0.15, 0.2) is 11.5 Å². The number of methoxy groups -OCH3 is 1. The van der Waals surface area contributed by atoms with Crippen LogP contribution < -0.4 is 19.7 Å². The largest absolute Gasteiger partial charge is 0.527 e. The van der Waals surface area contributed by atoms with E-state index in [0.29, 0.717) is 16.9 Å². The van der Waals surface area contributed by atoms with Gasteiger partial charge < -0.3 is 24.7 Å². The number of H-pyrrole nitrogens is 1. The molecule has 2 heterocycles. The number of aromatic nitrogens is 1. The van der Waals surface area contributed by atoms with Crippen LogP contribution in [0, 0.1) is 22.7 Å². The Morgan fingerprint density at radius 1 is 1.32 bits per heavy atom. The Morgan fingerprint density at radius 3 is 2.82 bits per heavy atom. The SMILES string of the molecule is COc1cc(C2C(C#N)=C(N)Oc3c2ccc2[nH]ccc32)cc(Br)c1OP(=O)(O)OCCC#N. The van der Waals surface area contributed by atoms with Gasteiger partial charge in [0.1, 0.15) is 17.4 Å². The fourth-order valence-electron chi connectivity index (χ4n) is 3.74. The van der Waals surface area contributed by atoms with Crippen LogP contribution in [0.3, 0.4) is 0 Å². The van der Waals surface area contributed by atoms with Gasteiger partial charge in [0.2, 0.25) is 5.88 Å². The standard InChI is InChI=1S/C22H18BrN4O6P/c1-30-18-10-12(9-16(23)21(18)33-34(28,29)31-8-2-6-24)19-14-3-4-17-13(5-7-27-17)20(14)32-22(26)15(19)11-25/h3-5,7,9-10,19,27H,2,8,26H2,1H3,(H,28,29). The van der Waals surface area contributed by atoms with Crippen molar-refractivity contribution in [2.45, 2.75) is 12.3 Å².